The molecule has 1 N–H and O–H groups in total. The van der Waals surface area contributed by atoms with Crippen molar-refractivity contribution >= 4 is 5.91 Å². The fourth-order valence-corrected chi connectivity index (χ4v) is 4.63. The average molecular weight is 466 g/mol. The van der Waals surface area contributed by atoms with Gasteiger partial charge in [0.15, 0.2) is 5.60 Å². The third kappa shape index (κ3) is 5.88. The van der Waals surface area contributed by atoms with Gasteiger partial charge >= 0.3 is 6.18 Å². The minimum Gasteiger partial charge on any atom is -0.376 e. The Morgan fingerprint density at radius 1 is 1.21 bits per heavy atom. The minimum absolute atomic E-state index is 0.121. The maximum atomic E-state index is 13.1. The van der Waals surface area contributed by atoms with Gasteiger partial charge in [-0.05, 0) is 75.2 Å². The van der Waals surface area contributed by atoms with Crippen LogP contribution in [0.4, 0.5) is 13.2 Å². The molecule has 182 valence electrons. The van der Waals surface area contributed by atoms with Crippen LogP contribution in [0.25, 0.3) is 0 Å². The molecule has 1 unspecified atom stereocenters. The second-order valence-electron chi connectivity index (χ2n) is 9.79. The van der Waals surface area contributed by atoms with E-state index in [1.54, 1.807) is 0 Å². The van der Waals surface area contributed by atoms with Gasteiger partial charge in [-0.3, -0.25) is 4.79 Å². The van der Waals surface area contributed by atoms with Crippen LogP contribution in [0.2, 0.25) is 0 Å². The molecule has 8 heteroatoms. The Kier molecular flexibility index (Phi) is 7.75. The Balaban J connectivity index is 1.59. The standard InChI is InChI=1S/C25H34F3N3O2/c1-3-30(18-24(14-15-29)12-4-13-24)16-5-17-31(21-10-11-21)22(32)19-6-8-20(9-7-19)23(2,33)25(26,27)28/h6-9,21,33H,3-5,10-14,16-18H2,1-2H3. The smallest absolute Gasteiger partial charge is 0.376 e. The maximum absolute atomic E-state index is 13.1. The molecule has 33 heavy (non-hydrogen) atoms. The van der Waals surface area contributed by atoms with Crippen molar-refractivity contribution in [2.45, 2.75) is 76.6 Å². The van der Waals surface area contributed by atoms with Gasteiger partial charge in [0.2, 0.25) is 0 Å². The van der Waals surface area contributed by atoms with Crippen LogP contribution in [0.5, 0.6) is 0 Å². The predicted molar refractivity (Wildman–Crippen MR) is 119 cm³/mol. The van der Waals surface area contributed by atoms with E-state index in [1.165, 1.54) is 30.7 Å². The van der Waals surface area contributed by atoms with Crippen LogP contribution in [-0.2, 0) is 5.60 Å². The van der Waals surface area contributed by atoms with Crippen LogP contribution >= 0.6 is 0 Å². The zero-order valence-corrected chi connectivity index (χ0v) is 19.5. The van der Waals surface area contributed by atoms with Crippen molar-refractivity contribution in [2.75, 3.05) is 26.2 Å². The third-order valence-electron chi connectivity index (χ3n) is 7.24. The topological polar surface area (TPSA) is 67.6 Å². The molecule has 0 radical (unpaired) electrons. The number of halogens is 3. The van der Waals surface area contributed by atoms with Gasteiger partial charge in [-0.1, -0.05) is 25.5 Å². The number of rotatable bonds is 11. The SMILES string of the molecule is CCN(CCCN(C(=O)c1ccc(C(C)(O)C(F)(F)F)cc1)C1CC1)CC1(CC#N)CCC1. The lowest BCUT2D eigenvalue weighted by atomic mass is 9.66. The Labute approximate surface area is 194 Å². The van der Waals surface area contributed by atoms with Gasteiger partial charge < -0.3 is 14.9 Å². The van der Waals surface area contributed by atoms with E-state index < -0.39 is 11.8 Å². The first kappa shape index (κ1) is 25.5. The first-order valence-corrected chi connectivity index (χ1v) is 11.8. The first-order valence-electron chi connectivity index (χ1n) is 11.8. The number of hydrogen-bond donors (Lipinski definition) is 1. The molecule has 3 rings (SSSR count). The molecule has 1 amide bonds. The van der Waals surface area contributed by atoms with Crippen molar-refractivity contribution in [3.8, 4) is 6.07 Å². The van der Waals surface area contributed by atoms with Gasteiger partial charge in [0.1, 0.15) is 0 Å². The van der Waals surface area contributed by atoms with Crippen LogP contribution in [0.3, 0.4) is 0 Å². The Morgan fingerprint density at radius 3 is 2.30 bits per heavy atom. The molecular weight excluding hydrogens is 431 g/mol. The van der Waals surface area contributed by atoms with Crippen LogP contribution in [0.15, 0.2) is 24.3 Å². The lowest BCUT2D eigenvalue weighted by Gasteiger charge is -2.43. The van der Waals surface area contributed by atoms with Crippen molar-refractivity contribution < 1.29 is 23.1 Å². The second kappa shape index (κ2) is 10.0. The molecular formula is C25H34F3N3O2. The molecule has 2 aliphatic carbocycles. The summed E-state index contributed by atoms with van der Waals surface area (Å²) >= 11 is 0. The quantitative estimate of drug-likeness (QED) is 0.507. The van der Waals surface area contributed by atoms with Gasteiger partial charge in [0.25, 0.3) is 5.91 Å². The zero-order chi connectivity index (χ0) is 24.3. The van der Waals surface area contributed by atoms with E-state index in [-0.39, 0.29) is 22.9 Å². The second-order valence-corrected chi connectivity index (χ2v) is 9.79. The average Bonchev–Trinajstić information content (AvgIpc) is 3.58. The van der Waals surface area contributed by atoms with E-state index in [0.717, 1.165) is 51.7 Å². The molecule has 2 fully saturated rings. The Bertz CT molecular complexity index is 853. The predicted octanol–water partition coefficient (Wildman–Crippen LogP) is 4.86. The molecule has 1 aromatic rings. The summed E-state index contributed by atoms with van der Waals surface area (Å²) in [5.41, 5.74) is -2.79. The van der Waals surface area contributed by atoms with Gasteiger partial charge in [0.05, 0.1) is 6.07 Å². The first-order chi connectivity index (χ1) is 15.5. The number of nitrogens with zero attached hydrogens (tertiary/aromatic N) is 3. The van der Waals surface area contributed by atoms with Crippen molar-refractivity contribution in [2.24, 2.45) is 5.41 Å². The zero-order valence-electron chi connectivity index (χ0n) is 19.5. The van der Waals surface area contributed by atoms with Crippen molar-refractivity contribution in [1.29, 1.82) is 5.26 Å². The molecule has 0 saturated heterocycles. The summed E-state index contributed by atoms with van der Waals surface area (Å²) in [6, 6.07) is 7.61. The van der Waals surface area contributed by atoms with E-state index in [0.29, 0.717) is 25.5 Å². The summed E-state index contributed by atoms with van der Waals surface area (Å²) in [6.07, 6.45) is 1.86. The summed E-state index contributed by atoms with van der Waals surface area (Å²) in [4.78, 5) is 17.3. The number of aliphatic hydroxyl groups is 1. The molecule has 1 atom stereocenters. The van der Waals surface area contributed by atoms with Crippen molar-refractivity contribution in [3.05, 3.63) is 35.4 Å². The molecule has 0 aliphatic heterocycles. The van der Waals surface area contributed by atoms with E-state index in [2.05, 4.69) is 17.9 Å². The highest BCUT2D eigenvalue weighted by Crippen LogP contribution is 2.44. The number of carbonyl (C=O) groups excluding carboxylic acids is 1. The lowest BCUT2D eigenvalue weighted by Crippen LogP contribution is -2.43. The largest absolute Gasteiger partial charge is 0.421 e. The van der Waals surface area contributed by atoms with Gasteiger partial charge in [-0.2, -0.15) is 18.4 Å². The van der Waals surface area contributed by atoms with Gasteiger partial charge in [-0.15, -0.1) is 0 Å². The summed E-state index contributed by atoms with van der Waals surface area (Å²) in [5, 5.41) is 19.0. The molecule has 0 aromatic heterocycles. The monoisotopic (exact) mass is 465 g/mol. The van der Waals surface area contributed by atoms with E-state index >= 15 is 0 Å². The highest BCUT2D eigenvalue weighted by atomic mass is 19.4. The Hall–Kier alpha value is -2.11. The molecule has 1 aromatic carbocycles. The van der Waals surface area contributed by atoms with Crippen LogP contribution in [-0.4, -0.2) is 59.2 Å². The molecule has 0 bridgehead atoms. The molecule has 0 spiro atoms. The van der Waals surface area contributed by atoms with E-state index in [4.69, 9.17) is 5.26 Å². The normalized spacial score (nSPS) is 19.5. The number of amides is 1. The number of alkyl halides is 3. The van der Waals surface area contributed by atoms with Crippen molar-refractivity contribution in [1.82, 2.24) is 9.80 Å². The van der Waals surface area contributed by atoms with Crippen molar-refractivity contribution in [3.63, 3.8) is 0 Å². The lowest BCUT2D eigenvalue weighted by molar-refractivity contribution is -0.258. The number of carbonyl (C=O) groups is 1. The van der Waals surface area contributed by atoms with E-state index in [9.17, 15) is 23.1 Å². The fourth-order valence-electron chi connectivity index (χ4n) is 4.63. The summed E-state index contributed by atoms with van der Waals surface area (Å²) < 4.78 is 39.2. The molecule has 2 aliphatic rings. The highest BCUT2D eigenvalue weighted by Gasteiger charge is 2.51. The summed E-state index contributed by atoms with van der Waals surface area (Å²) in [5.74, 6) is -0.182. The number of nitriles is 1. The molecule has 5 nitrogen and oxygen atoms in total. The van der Waals surface area contributed by atoms with Crippen LogP contribution in [0, 0.1) is 16.7 Å². The van der Waals surface area contributed by atoms with Gasteiger partial charge in [-0.25, -0.2) is 0 Å². The summed E-state index contributed by atoms with van der Waals surface area (Å²) in [7, 11) is 0. The molecule has 2 saturated carbocycles. The van der Waals surface area contributed by atoms with Gasteiger partial charge in [0, 0.05) is 31.1 Å². The highest BCUT2D eigenvalue weighted by molar-refractivity contribution is 5.94. The van der Waals surface area contributed by atoms with Crippen LogP contribution < -0.4 is 0 Å². The van der Waals surface area contributed by atoms with Crippen LogP contribution in [0.1, 0.15) is 74.7 Å². The number of hydrogen-bond acceptors (Lipinski definition) is 4. The third-order valence-corrected chi connectivity index (χ3v) is 7.24. The molecule has 0 heterocycles. The maximum Gasteiger partial charge on any atom is 0.421 e. The Morgan fingerprint density at radius 2 is 1.85 bits per heavy atom. The van der Waals surface area contributed by atoms with E-state index in [1.807, 2.05) is 4.90 Å². The number of benzene rings is 1. The summed E-state index contributed by atoms with van der Waals surface area (Å²) in [6.45, 7) is 6.06. The fraction of sp³-hybridized carbons (Fsp3) is 0.680. The minimum atomic E-state index is -4.80.